The molecule has 1 heterocycles. The molecule has 0 aliphatic rings. The Morgan fingerprint density at radius 3 is 2.62 bits per heavy atom. The molecule has 1 rings (SSSR count). The molecule has 0 aromatic carbocycles. The summed E-state index contributed by atoms with van der Waals surface area (Å²) < 4.78 is 5.65. The van der Waals surface area contributed by atoms with Crippen molar-refractivity contribution in [1.29, 1.82) is 0 Å². The van der Waals surface area contributed by atoms with E-state index in [1.165, 1.54) is 15.3 Å². The van der Waals surface area contributed by atoms with Crippen LogP contribution in [-0.2, 0) is 4.74 Å². The van der Waals surface area contributed by atoms with E-state index in [-0.39, 0.29) is 0 Å². The molecule has 0 saturated carbocycles. The number of rotatable bonds is 7. The molecule has 0 fully saturated rings. The fourth-order valence-corrected chi connectivity index (χ4v) is 2.71. The van der Waals surface area contributed by atoms with Crippen LogP contribution in [0.5, 0.6) is 0 Å². The lowest BCUT2D eigenvalue weighted by Crippen LogP contribution is -2.24. The summed E-state index contributed by atoms with van der Waals surface area (Å²) in [4.78, 5) is 2.81. The number of thiophene rings is 1. The zero-order valence-electron chi connectivity index (χ0n) is 10.8. The molecule has 1 unspecified atom stereocenters. The van der Waals surface area contributed by atoms with Crippen LogP contribution >= 0.6 is 11.3 Å². The molecule has 0 saturated heterocycles. The van der Waals surface area contributed by atoms with Crippen molar-refractivity contribution < 1.29 is 4.74 Å². The Bertz CT molecular complexity index is 289. The minimum Gasteiger partial charge on any atom is -0.379 e. The van der Waals surface area contributed by atoms with Gasteiger partial charge in [0, 0.05) is 16.4 Å². The fraction of sp³-hybridized carbons (Fsp3) is 0.692. The third-order valence-electron chi connectivity index (χ3n) is 2.61. The van der Waals surface area contributed by atoms with Crippen molar-refractivity contribution in [1.82, 2.24) is 5.32 Å². The van der Waals surface area contributed by atoms with Gasteiger partial charge in [-0.05, 0) is 38.4 Å². The van der Waals surface area contributed by atoms with Crippen LogP contribution in [0.2, 0.25) is 0 Å². The van der Waals surface area contributed by atoms with Crippen molar-refractivity contribution in [3.63, 3.8) is 0 Å². The molecular formula is C13H23NOS. The van der Waals surface area contributed by atoms with Gasteiger partial charge in [0.25, 0.3) is 0 Å². The largest absolute Gasteiger partial charge is 0.379 e. The van der Waals surface area contributed by atoms with Crippen molar-refractivity contribution in [2.45, 2.75) is 40.2 Å². The third-order valence-corrected chi connectivity index (χ3v) is 3.88. The van der Waals surface area contributed by atoms with Crippen molar-refractivity contribution in [3.8, 4) is 0 Å². The van der Waals surface area contributed by atoms with Crippen LogP contribution in [0.25, 0.3) is 0 Å². The number of aryl methyl sites for hydroxylation is 2. The number of nitrogens with one attached hydrogen (secondary N) is 1. The van der Waals surface area contributed by atoms with Crippen molar-refractivity contribution in [2.24, 2.45) is 0 Å². The minimum absolute atomic E-state index is 0.356. The standard InChI is InChI=1S/C13H23NOS/c1-5-7-15-9-12(14-6-2)13-8-10(3)11(4)16-13/h8,12,14H,5-7,9H2,1-4H3. The number of hydrogen-bond donors (Lipinski definition) is 1. The van der Waals surface area contributed by atoms with Gasteiger partial charge in [0.1, 0.15) is 0 Å². The highest BCUT2D eigenvalue weighted by Crippen LogP contribution is 2.26. The van der Waals surface area contributed by atoms with E-state index in [9.17, 15) is 0 Å². The topological polar surface area (TPSA) is 21.3 Å². The normalized spacial score (nSPS) is 13.0. The molecular weight excluding hydrogens is 218 g/mol. The van der Waals surface area contributed by atoms with E-state index in [0.717, 1.165) is 26.2 Å². The highest BCUT2D eigenvalue weighted by atomic mass is 32.1. The van der Waals surface area contributed by atoms with Crippen LogP contribution in [0, 0.1) is 13.8 Å². The van der Waals surface area contributed by atoms with Gasteiger partial charge in [-0.25, -0.2) is 0 Å². The predicted octanol–water partition coefficient (Wildman–Crippen LogP) is 3.44. The zero-order valence-corrected chi connectivity index (χ0v) is 11.6. The van der Waals surface area contributed by atoms with Gasteiger partial charge in [0.2, 0.25) is 0 Å². The molecule has 1 aromatic heterocycles. The van der Waals surface area contributed by atoms with Crippen LogP contribution in [0.1, 0.15) is 41.6 Å². The molecule has 0 bridgehead atoms. The highest BCUT2D eigenvalue weighted by Gasteiger charge is 2.13. The number of likely N-dealkylation sites (N-methyl/N-ethyl adjacent to an activating group) is 1. The second kappa shape index (κ2) is 7.05. The summed E-state index contributed by atoms with van der Waals surface area (Å²) in [5.41, 5.74) is 1.39. The SMILES string of the molecule is CCCOCC(NCC)c1cc(C)c(C)s1. The molecule has 1 N–H and O–H groups in total. The third kappa shape index (κ3) is 3.89. The van der Waals surface area contributed by atoms with Gasteiger partial charge >= 0.3 is 0 Å². The van der Waals surface area contributed by atoms with E-state index in [0.29, 0.717) is 6.04 Å². The first kappa shape index (κ1) is 13.7. The molecule has 0 amide bonds. The van der Waals surface area contributed by atoms with E-state index in [4.69, 9.17) is 4.74 Å². The van der Waals surface area contributed by atoms with Crippen LogP contribution in [0.3, 0.4) is 0 Å². The lowest BCUT2D eigenvalue weighted by atomic mass is 10.2. The van der Waals surface area contributed by atoms with E-state index in [1.807, 2.05) is 11.3 Å². The van der Waals surface area contributed by atoms with Crippen LogP contribution in [0.4, 0.5) is 0 Å². The van der Waals surface area contributed by atoms with Gasteiger partial charge < -0.3 is 10.1 Å². The molecule has 0 spiro atoms. The average molecular weight is 241 g/mol. The van der Waals surface area contributed by atoms with Crippen molar-refractivity contribution in [3.05, 3.63) is 21.4 Å². The summed E-state index contributed by atoms with van der Waals surface area (Å²) in [7, 11) is 0. The minimum atomic E-state index is 0.356. The maximum Gasteiger partial charge on any atom is 0.0669 e. The monoisotopic (exact) mass is 241 g/mol. The Balaban J connectivity index is 2.61. The molecule has 3 heteroatoms. The van der Waals surface area contributed by atoms with Crippen LogP contribution in [0.15, 0.2) is 6.07 Å². The highest BCUT2D eigenvalue weighted by molar-refractivity contribution is 7.12. The molecule has 0 aliphatic carbocycles. The van der Waals surface area contributed by atoms with E-state index < -0.39 is 0 Å². The van der Waals surface area contributed by atoms with Gasteiger partial charge in [-0.3, -0.25) is 0 Å². The van der Waals surface area contributed by atoms with Crippen LogP contribution < -0.4 is 5.32 Å². The maximum atomic E-state index is 5.65. The van der Waals surface area contributed by atoms with Gasteiger partial charge in [-0.2, -0.15) is 0 Å². The van der Waals surface area contributed by atoms with Gasteiger partial charge in [-0.15, -0.1) is 11.3 Å². The summed E-state index contributed by atoms with van der Waals surface area (Å²) >= 11 is 1.88. The zero-order chi connectivity index (χ0) is 12.0. The van der Waals surface area contributed by atoms with E-state index in [1.54, 1.807) is 0 Å². The van der Waals surface area contributed by atoms with Gasteiger partial charge in [0.05, 0.1) is 12.6 Å². The first-order chi connectivity index (χ1) is 7.69. The Labute approximate surface area is 103 Å². The molecule has 0 radical (unpaired) electrons. The fourth-order valence-electron chi connectivity index (χ4n) is 1.61. The molecule has 1 atom stereocenters. The first-order valence-corrected chi connectivity index (χ1v) is 6.88. The van der Waals surface area contributed by atoms with Gasteiger partial charge in [0.15, 0.2) is 0 Å². The first-order valence-electron chi connectivity index (χ1n) is 6.07. The summed E-state index contributed by atoms with van der Waals surface area (Å²) in [6, 6.07) is 2.64. The van der Waals surface area contributed by atoms with Gasteiger partial charge in [-0.1, -0.05) is 13.8 Å². The summed E-state index contributed by atoms with van der Waals surface area (Å²) in [6.07, 6.45) is 1.08. The average Bonchev–Trinajstić information content (AvgIpc) is 2.58. The Kier molecular flexibility index (Phi) is 6.03. The number of ether oxygens (including phenoxy) is 1. The molecule has 16 heavy (non-hydrogen) atoms. The Morgan fingerprint density at radius 1 is 1.38 bits per heavy atom. The van der Waals surface area contributed by atoms with E-state index in [2.05, 4.69) is 39.1 Å². The summed E-state index contributed by atoms with van der Waals surface area (Å²) in [5.74, 6) is 0. The summed E-state index contributed by atoms with van der Waals surface area (Å²) in [6.45, 7) is 11.2. The summed E-state index contributed by atoms with van der Waals surface area (Å²) in [5, 5.41) is 3.48. The quantitative estimate of drug-likeness (QED) is 0.738. The second-order valence-corrected chi connectivity index (χ2v) is 5.36. The van der Waals surface area contributed by atoms with Crippen LogP contribution in [-0.4, -0.2) is 19.8 Å². The number of hydrogen-bond acceptors (Lipinski definition) is 3. The predicted molar refractivity (Wildman–Crippen MR) is 71.3 cm³/mol. The van der Waals surface area contributed by atoms with Crippen molar-refractivity contribution in [2.75, 3.05) is 19.8 Å². The molecule has 2 nitrogen and oxygen atoms in total. The molecule has 1 aromatic rings. The van der Waals surface area contributed by atoms with Crippen molar-refractivity contribution >= 4 is 11.3 Å². The van der Waals surface area contributed by atoms with E-state index >= 15 is 0 Å². The lowest BCUT2D eigenvalue weighted by Gasteiger charge is -2.16. The maximum absolute atomic E-state index is 5.65. The smallest absolute Gasteiger partial charge is 0.0669 e. The second-order valence-electron chi connectivity index (χ2n) is 4.07. The lowest BCUT2D eigenvalue weighted by molar-refractivity contribution is 0.113. The molecule has 92 valence electrons. The Hall–Kier alpha value is -0.380. The Morgan fingerprint density at radius 2 is 2.12 bits per heavy atom. The molecule has 0 aliphatic heterocycles.